The summed E-state index contributed by atoms with van der Waals surface area (Å²) in [5.74, 6) is 0.363. The van der Waals surface area contributed by atoms with Crippen molar-refractivity contribution in [2.45, 2.75) is 51.7 Å². The van der Waals surface area contributed by atoms with Crippen molar-refractivity contribution in [3.63, 3.8) is 0 Å². The van der Waals surface area contributed by atoms with E-state index in [2.05, 4.69) is 48.3 Å². The van der Waals surface area contributed by atoms with Crippen LogP contribution in [0, 0.1) is 5.92 Å². The normalized spacial score (nSPS) is 23.1. The summed E-state index contributed by atoms with van der Waals surface area (Å²) in [7, 11) is 0. The molecule has 130 valence electrons. The van der Waals surface area contributed by atoms with Gasteiger partial charge in [-0.25, -0.2) is 4.79 Å². The van der Waals surface area contributed by atoms with Crippen LogP contribution in [0.3, 0.4) is 0 Å². The highest BCUT2D eigenvalue weighted by molar-refractivity contribution is 6.04. The number of hydrogen-bond donors (Lipinski definition) is 1. The molecule has 24 heavy (non-hydrogen) atoms. The predicted molar refractivity (Wildman–Crippen MR) is 93.4 cm³/mol. The van der Waals surface area contributed by atoms with E-state index in [9.17, 15) is 9.59 Å². The van der Waals surface area contributed by atoms with Crippen molar-refractivity contribution >= 4 is 11.9 Å². The Kier molecular flexibility index (Phi) is 5.19. The molecule has 0 unspecified atom stereocenters. The van der Waals surface area contributed by atoms with E-state index < -0.39 is 0 Å². The minimum Gasteiger partial charge on any atom is -0.326 e. The van der Waals surface area contributed by atoms with Gasteiger partial charge in [-0.3, -0.25) is 14.6 Å². The molecular formula is C19H27N3O2. The average Bonchev–Trinajstić information content (AvgIpc) is 2.83. The van der Waals surface area contributed by atoms with Crippen molar-refractivity contribution in [1.29, 1.82) is 0 Å². The van der Waals surface area contributed by atoms with E-state index in [1.165, 1.54) is 10.5 Å². The quantitative estimate of drug-likeness (QED) is 0.845. The second-order valence-corrected chi connectivity index (χ2v) is 7.33. The molecule has 0 saturated carbocycles. The molecule has 1 N–H and O–H groups in total. The van der Waals surface area contributed by atoms with Gasteiger partial charge in [0.2, 0.25) is 0 Å². The van der Waals surface area contributed by atoms with Crippen molar-refractivity contribution < 1.29 is 9.59 Å². The number of amides is 3. The summed E-state index contributed by atoms with van der Waals surface area (Å²) in [5, 5.41) is 2.86. The van der Waals surface area contributed by atoms with E-state index >= 15 is 0 Å². The first-order valence-corrected chi connectivity index (χ1v) is 8.94. The molecule has 3 amide bonds. The highest BCUT2D eigenvalue weighted by Crippen LogP contribution is 2.23. The number of nitrogens with zero attached hydrogens (tertiary/aromatic N) is 2. The summed E-state index contributed by atoms with van der Waals surface area (Å²) in [5.41, 5.74) is 1.31. The molecule has 2 aliphatic rings. The third kappa shape index (κ3) is 3.78. The lowest BCUT2D eigenvalue weighted by Gasteiger charge is -2.35. The topological polar surface area (TPSA) is 52.7 Å². The third-order valence-electron chi connectivity index (χ3n) is 4.93. The standard InChI is InChI=1S/C19H27N3O2/c1-14(2)12-17-18(23)22(19(24)20-17)16-8-10-21(11-9-16)13-15-6-4-3-5-7-15/h3-7,14,16-17H,8-13H2,1-2H3,(H,20,24)/t17-/m0/s1. The Balaban J connectivity index is 1.54. The minimum atomic E-state index is -0.333. The molecule has 5 nitrogen and oxygen atoms in total. The molecule has 0 aliphatic carbocycles. The molecule has 2 heterocycles. The Bertz CT molecular complexity index is 580. The Labute approximate surface area is 144 Å². The van der Waals surface area contributed by atoms with Crippen LogP contribution in [0.2, 0.25) is 0 Å². The first kappa shape index (κ1) is 17.0. The van der Waals surface area contributed by atoms with E-state index in [4.69, 9.17) is 0 Å². The van der Waals surface area contributed by atoms with Gasteiger partial charge in [-0.1, -0.05) is 44.2 Å². The smallest absolute Gasteiger partial charge is 0.325 e. The molecule has 1 aromatic carbocycles. The van der Waals surface area contributed by atoms with Gasteiger partial charge < -0.3 is 5.32 Å². The van der Waals surface area contributed by atoms with Crippen molar-refractivity contribution in [2.75, 3.05) is 13.1 Å². The van der Waals surface area contributed by atoms with Crippen LogP contribution in [0.15, 0.2) is 30.3 Å². The number of urea groups is 1. The number of rotatable bonds is 5. The molecule has 2 fully saturated rings. The van der Waals surface area contributed by atoms with Crippen molar-refractivity contribution in [2.24, 2.45) is 5.92 Å². The second-order valence-electron chi connectivity index (χ2n) is 7.33. The number of carbonyl (C=O) groups excluding carboxylic acids is 2. The second kappa shape index (κ2) is 7.34. The molecule has 1 aromatic rings. The van der Waals surface area contributed by atoms with Gasteiger partial charge in [0.1, 0.15) is 6.04 Å². The van der Waals surface area contributed by atoms with Crippen molar-refractivity contribution in [3.05, 3.63) is 35.9 Å². The Hall–Kier alpha value is -1.88. The first-order valence-electron chi connectivity index (χ1n) is 8.94. The molecule has 1 atom stereocenters. The molecule has 5 heteroatoms. The van der Waals surface area contributed by atoms with Gasteiger partial charge in [0, 0.05) is 25.7 Å². The fourth-order valence-corrected chi connectivity index (χ4v) is 3.70. The van der Waals surface area contributed by atoms with E-state index in [1.807, 2.05) is 6.07 Å². The van der Waals surface area contributed by atoms with Crippen LogP contribution in [-0.2, 0) is 11.3 Å². The fraction of sp³-hybridized carbons (Fsp3) is 0.579. The van der Waals surface area contributed by atoms with Gasteiger partial charge in [-0.15, -0.1) is 0 Å². The largest absolute Gasteiger partial charge is 0.326 e. The van der Waals surface area contributed by atoms with E-state index in [1.54, 1.807) is 0 Å². The zero-order valence-corrected chi connectivity index (χ0v) is 14.6. The molecule has 0 bridgehead atoms. The number of hydrogen-bond acceptors (Lipinski definition) is 3. The molecular weight excluding hydrogens is 302 g/mol. The Morgan fingerprint density at radius 3 is 2.42 bits per heavy atom. The maximum absolute atomic E-state index is 12.6. The molecule has 2 aliphatic heterocycles. The Morgan fingerprint density at radius 1 is 1.12 bits per heavy atom. The van der Waals surface area contributed by atoms with Gasteiger partial charge >= 0.3 is 6.03 Å². The van der Waals surface area contributed by atoms with E-state index in [0.29, 0.717) is 12.3 Å². The maximum Gasteiger partial charge on any atom is 0.325 e. The SMILES string of the molecule is CC(C)C[C@@H]1NC(=O)N(C2CCN(Cc3ccccc3)CC2)C1=O. The van der Waals surface area contributed by atoms with Gasteiger partial charge in [0.25, 0.3) is 5.91 Å². The lowest BCUT2D eigenvalue weighted by molar-refractivity contribution is -0.130. The maximum atomic E-state index is 12.6. The summed E-state index contributed by atoms with van der Waals surface area (Å²) in [6.45, 7) is 6.93. The average molecular weight is 329 g/mol. The van der Waals surface area contributed by atoms with Gasteiger partial charge in [-0.2, -0.15) is 0 Å². The van der Waals surface area contributed by atoms with Gasteiger partial charge in [0.15, 0.2) is 0 Å². The van der Waals surface area contributed by atoms with Gasteiger partial charge in [-0.05, 0) is 30.7 Å². The lowest BCUT2D eigenvalue weighted by atomic mass is 10.0. The number of piperidine rings is 1. The summed E-state index contributed by atoms with van der Waals surface area (Å²) >= 11 is 0. The lowest BCUT2D eigenvalue weighted by Crippen LogP contribution is -2.47. The zero-order valence-electron chi connectivity index (χ0n) is 14.6. The third-order valence-corrected chi connectivity index (χ3v) is 4.93. The minimum absolute atomic E-state index is 0.0322. The number of imide groups is 1. The van der Waals surface area contributed by atoms with Crippen LogP contribution in [0.5, 0.6) is 0 Å². The fourth-order valence-electron chi connectivity index (χ4n) is 3.70. The number of benzene rings is 1. The number of likely N-dealkylation sites (tertiary alicyclic amines) is 1. The molecule has 2 saturated heterocycles. The predicted octanol–water partition coefficient (Wildman–Crippen LogP) is 2.62. The first-order chi connectivity index (χ1) is 11.5. The van der Waals surface area contributed by atoms with E-state index in [0.717, 1.165) is 32.5 Å². The highest BCUT2D eigenvalue weighted by atomic mass is 16.2. The highest BCUT2D eigenvalue weighted by Gasteiger charge is 2.42. The van der Waals surface area contributed by atoms with Crippen LogP contribution in [-0.4, -0.2) is 46.9 Å². The molecule has 3 rings (SSSR count). The van der Waals surface area contributed by atoms with Crippen molar-refractivity contribution in [3.8, 4) is 0 Å². The Morgan fingerprint density at radius 2 is 1.79 bits per heavy atom. The molecule has 0 radical (unpaired) electrons. The van der Waals surface area contributed by atoms with Crippen LogP contribution < -0.4 is 5.32 Å². The summed E-state index contributed by atoms with van der Waals surface area (Å²) in [6, 6.07) is 9.93. The van der Waals surface area contributed by atoms with Crippen molar-refractivity contribution in [1.82, 2.24) is 15.1 Å². The van der Waals surface area contributed by atoms with Crippen LogP contribution in [0.25, 0.3) is 0 Å². The monoisotopic (exact) mass is 329 g/mol. The van der Waals surface area contributed by atoms with Crippen LogP contribution in [0.1, 0.15) is 38.7 Å². The molecule has 0 aromatic heterocycles. The molecule has 0 spiro atoms. The number of nitrogens with one attached hydrogen (secondary N) is 1. The van der Waals surface area contributed by atoms with Crippen LogP contribution >= 0.6 is 0 Å². The summed E-state index contributed by atoms with van der Waals surface area (Å²) < 4.78 is 0. The van der Waals surface area contributed by atoms with Crippen LogP contribution in [0.4, 0.5) is 4.79 Å². The summed E-state index contributed by atoms with van der Waals surface area (Å²) in [6.07, 6.45) is 2.44. The van der Waals surface area contributed by atoms with Gasteiger partial charge in [0.05, 0.1) is 0 Å². The van der Waals surface area contributed by atoms with E-state index in [-0.39, 0.29) is 24.0 Å². The summed E-state index contributed by atoms with van der Waals surface area (Å²) in [4.78, 5) is 28.7. The number of carbonyl (C=O) groups is 2. The zero-order chi connectivity index (χ0) is 17.1.